The molecule has 0 saturated heterocycles. The van der Waals surface area contributed by atoms with Crippen LogP contribution in [-0.4, -0.2) is 12.5 Å². The van der Waals surface area contributed by atoms with Crippen LogP contribution in [0.15, 0.2) is 35.9 Å². The average Bonchev–Trinajstić information content (AvgIpc) is 2.48. The topological polar surface area (TPSA) is 55.1 Å². The fraction of sp³-hybridized carbons (Fsp3) is 0.500. The maximum atomic E-state index is 12.4. The molecule has 0 aromatic heterocycles. The minimum atomic E-state index is -0.533. The lowest BCUT2D eigenvalue weighted by atomic mass is 9.83. The molecule has 0 heterocycles. The Morgan fingerprint density at radius 1 is 1.24 bits per heavy atom. The quantitative estimate of drug-likeness (QED) is 0.642. The van der Waals surface area contributed by atoms with Crippen LogP contribution in [0.5, 0.6) is 0 Å². The smallest absolute Gasteiger partial charge is 0.230 e. The Hall–Kier alpha value is -1.77. The van der Waals surface area contributed by atoms with Gasteiger partial charge in [-0.05, 0) is 63.6 Å². The number of hydrogen-bond donors (Lipinski definition) is 2. The maximum Gasteiger partial charge on any atom is 0.230 e. The lowest BCUT2D eigenvalue weighted by Gasteiger charge is -2.24. The van der Waals surface area contributed by atoms with Crippen molar-refractivity contribution in [3.8, 4) is 0 Å². The van der Waals surface area contributed by atoms with Crippen LogP contribution in [-0.2, 0) is 10.2 Å². The van der Waals surface area contributed by atoms with Gasteiger partial charge in [0.2, 0.25) is 5.91 Å². The van der Waals surface area contributed by atoms with E-state index < -0.39 is 5.41 Å². The lowest BCUT2D eigenvalue weighted by Crippen LogP contribution is -2.40. The summed E-state index contributed by atoms with van der Waals surface area (Å²) < 4.78 is 0. The van der Waals surface area contributed by atoms with Crippen molar-refractivity contribution in [2.75, 3.05) is 12.3 Å². The number of nitrogens with two attached hydrogens (primary N) is 1. The van der Waals surface area contributed by atoms with Gasteiger partial charge in [0.15, 0.2) is 0 Å². The third-order valence-corrected chi connectivity index (χ3v) is 4.32. The van der Waals surface area contributed by atoms with Crippen LogP contribution in [0.3, 0.4) is 0 Å². The molecule has 3 N–H and O–H groups in total. The van der Waals surface area contributed by atoms with Gasteiger partial charge in [-0.2, -0.15) is 0 Å². The van der Waals surface area contributed by atoms with Crippen LogP contribution in [0.25, 0.3) is 0 Å². The molecule has 3 nitrogen and oxygen atoms in total. The van der Waals surface area contributed by atoms with Crippen molar-refractivity contribution in [2.24, 2.45) is 0 Å². The van der Waals surface area contributed by atoms with E-state index in [-0.39, 0.29) is 5.91 Å². The summed E-state index contributed by atoms with van der Waals surface area (Å²) in [5.41, 5.74) is 8.37. The van der Waals surface area contributed by atoms with Gasteiger partial charge in [-0.25, -0.2) is 0 Å². The van der Waals surface area contributed by atoms with E-state index in [9.17, 15) is 4.79 Å². The Labute approximate surface area is 127 Å². The van der Waals surface area contributed by atoms with Crippen LogP contribution in [0, 0.1) is 0 Å². The first kappa shape index (κ1) is 15.6. The van der Waals surface area contributed by atoms with E-state index in [0.29, 0.717) is 0 Å². The van der Waals surface area contributed by atoms with Crippen molar-refractivity contribution >= 4 is 11.6 Å². The number of carbonyl (C=O) groups excluding carboxylic acids is 1. The number of anilines is 1. The van der Waals surface area contributed by atoms with Crippen LogP contribution < -0.4 is 11.1 Å². The molecule has 1 aliphatic rings. The van der Waals surface area contributed by atoms with Crippen LogP contribution in [0.4, 0.5) is 5.69 Å². The molecule has 0 saturated carbocycles. The van der Waals surface area contributed by atoms with E-state index in [0.717, 1.165) is 24.2 Å². The van der Waals surface area contributed by atoms with Crippen molar-refractivity contribution in [1.82, 2.24) is 5.32 Å². The van der Waals surface area contributed by atoms with Gasteiger partial charge in [0.1, 0.15) is 0 Å². The van der Waals surface area contributed by atoms with Crippen molar-refractivity contribution < 1.29 is 4.79 Å². The number of nitrogen functional groups attached to an aromatic ring is 1. The Morgan fingerprint density at radius 3 is 2.57 bits per heavy atom. The second kappa shape index (κ2) is 6.79. The Morgan fingerprint density at radius 2 is 1.95 bits per heavy atom. The number of carbonyl (C=O) groups is 1. The zero-order valence-corrected chi connectivity index (χ0v) is 13.1. The molecule has 1 aromatic rings. The summed E-state index contributed by atoms with van der Waals surface area (Å²) in [5.74, 6) is 0.0729. The number of amides is 1. The number of benzene rings is 1. The second-order valence-corrected chi connectivity index (χ2v) is 6.36. The van der Waals surface area contributed by atoms with Crippen molar-refractivity contribution in [3.05, 3.63) is 41.5 Å². The predicted molar refractivity (Wildman–Crippen MR) is 88.1 cm³/mol. The summed E-state index contributed by atoms with van der Waals surface area (Å²) in [6.45, 7) is 4.63. The molecule has 0 atom stereocenters. The molecule has 3 heteroatoms. The standard InChI is InChI=1S/C18H26N2O/c1-18(2,15-8-10-16(19)11-9-15)17(21)20-13-12-14-6-4-3-5-7-14/h6,8-11H,3-5,7,12-13,19H2,1-2H3,(H,20,21). The van der Waals surface area contributed by atoms with Crippen LogP contribution in [0.1, 0.15) is 51.5 Å². The number of hydrogen-bond acceptors (Lipinski definition) is 2. The Balaban J connectivity index is 1.89. The highest BCUT2D eigenvalue weighted by atomic mass is 16.2. The van der Waals surface area contributed by atoms with Gasteiger partial charge in [-0.3, -0.25) is 4.79 Å². The fourth-order valence-corrected chi connectivity index (χ4v) is 2.72. The molecule has 0 aliphatic heterocycles. The maximum absolute atomic E-state index is 12.4. The molecule has 0 bridgehead atoms. The third kappa shape index (κ3) is 4.10. The molecule has 1 amide bonds. The minimum absolute atomic E-state index is 0.0729. The van der Waals surface area contributed by atoms with Crippen molar-refractivity contribution in [3.63, 3.8) is 0 Å². The van der Waals surface area contributed by atoms with Crippen LogP contribution >= 0.6 is 0 Å². The predicted octanol–water partition coefficient (Wildman–Crippen LogP) is 3.55. The van der Waals surface area contributed by atoms with Gasteiger partial charge in [0.25, 0.3) is 0 Å². The first-order valence-electron chi connectivity index (χ1n) is 7.82. The van der Waals surface area contributed by atoms with E-state index >= 15 is 0 Å². The van der Waals surface area contributed by atoms with Gasteiger partial charge in [-0.1, -0.05) is 23.8 Å². The number of allylic oxidation sites excluding steroid dienone is 1. The van der Waals surface area contributed by atoms with Gasteiger partial charge < -0.3 is 11.1 Å². The first-order chi connectivity index (χ1) is 10.00. The third-order valence-electron chi connectivity index (χ3n) is 4.32. The zero-order valence-electron chi connectivity index (χ0n) is 13.1. The molecule has 2 rings (SSSR count). The van der Waals surface area contributed by atoms with E-state index in [2.05, 4.69) is 11.4 Å². The number of nitrogens with one attached hydrogen (secondary N) is 1. The van der Waals surface area contributed by atoms with Crippen LogP contribution in [0.2, 0.25) is 0 Å². The molecule has 0 fully saturated rings. The van der Waals surface area contributed by atoms with E-state index in [1.807, 2.05) is 38.1 Å². The fourth-order valence-electron chi connectivity index (χ4n) is 2.72. The van der Waals surface area contributed by atoms with Crippen molar-refractivity contribution in [2.45, 2.75) is 51.4 Å². The molecule has 0 spiro atoms. The van der Waals surface area contributed by atoms with Gasteiger partial charge >= 0.3 is 0 Å². The minimum Gasteiger partial charge on any atom is -0.399 e. The van der Waals surface area contributed by atoms with E-state index in [4.69, 9.17) is 5.73 Å². The normalized spacial score (nSPS) is 15.4. The highest BCUT2D eigenvalue weighted by molar-refractivity contribution is 5.87. The van der Waals surface area contributed by atoms with Gasteiger partial charge in [-0.15, -0.1) is 0 Å². The zero-order chi connectivity index (χ0) is 15.3. The average molecular weight is 286 g/mol. The summed E-state index contributed by atoms with van der Waals surface area (Å²) >= 11 is 0. The summed E-state index contributed by atoms with van der Waals surface area (Å²) in [4.78, 5) is 12.4. The largest absolute Gasteiger partial charge is 0.399 e. The molecule has 21 heavy (non-hydrogen) atoms. The molecule has 0 radical (unpaired) electrons. The monoisotopic (exact) mass is 286 g/mol. The Bertz CT molecular complexity index is 515. The second-order valence-electron chi connectivity index (χ2n) is 6.36. The molecule has 1 aromatic carbocycles. The Kier molecular flexibility index (Phi) is 5.05. The highest BCUT2D eigenvalue weighted by Gasteiger charge is 2.29. The first-order valence-corrected chi connectivity index (χ1v) is 7.82. The summed E-state index contributed by atoms with van der Waals surface area (Å²) in [5, 5.41) is 3.07. The number of rotatable bonds is 5. The molecule has 0 unspecified atom stereocenters. The lowest BCUT2D eigenvalue weighted by molar-refractivity contribution is -0.125. The van der Waals surface area contributed by atoms with E-state index in [1.54, 1.807) is 0 Å². The molecule has 114 valence electrons. The van der Waals surface area contributed by atoms with E-state index in [1.165, 1.54) is 31.3 Å². The van der Waals surface area contributed by atoms with Crippen molar-refractivity contribution in [1.29, 1.82) is 0 Å². The van der Waals surface area contributed by atoms with Gasteiger partial charge in [0.05, 0.1) is 5.41 Å². The van der Waals surface area contributed by atoms with Gasteiger partial charge in [0, 0.05) is 12.2 Å². The SMILES string of the molecule is CC(C)(C(=O)NCCC1=CCCCC1)c1ccc(N)cc1. The molecule has 1 aliphatic carbocycles. The molecular weight excluding hydrogens is 260 g/mol. The highest BCUT2D eigenvalue weighted by Crippen LogP contribution is 2.24. The molecular formula is C18H26N2O. The summed E-state index contributed by atoms with van der Waals surface area (Å²) in [6, 6.07) is 7.55. The summed E-state index contributed by atoms with van der Waals surface area (Å²) in [7, 11) is 0. The summed E-state index contributed by atoms with van der Waals surface area (Å²) in [6.07, 6.45) is 8.29.